The average Bonchev–Trinajstić information content (AvgIpc) is 2.96. The van der Waals surface area contributed by atoms with Gasteiger partial charge in [-0.15, -0.1) is 0 Å². The van der Waals surface area contributed by atoms with Crippen molar-refractivity contribution in [1.29, 1.82) is 0 Å². The molecule has 4 rings (SSSR count). The van der Waals surface area contributed by atoms with E-state index in [9.17, 15) is 5.11 Å². The second kappa shape index (κ2) is 5.70. The van der Waals surface area contributed by atoms with Crippen LogP contribution >= 0.6 is 0 Å². The second-order valence-corrected chi connectivity index (χ2v) is 5.65. The van der Waals surface area contributed by atoms with Crippen LogP contribution < -0.4 is 5.32 Å². The van der Waals surface area contributed by atoms with Crippen LogP contribution in [0.2, 0.25) is 0 Å². The van der Waals surface area contributed by atoms with Gasteiger partial charge in [-0.05, 0) is 25.1 Å². The molecule has 0 spiro atoms. The third kappa shape index (κ3) is 2.67. The Hall–Kier alpha value is -3.34. The highest BCUT2D eigenvalue weighted by Crippen LogP contribution is 2.28. The van der Waals surface area contributed by atoms with Crippen molar-refractivity contribution < 1.29 is 5.11 Å². The van der Waals surface area contributed by atoms with E-state index in [4.69, 9.17) is 0 Å². The summed E-state index contributed by atoms with van der Waals surface area (Å²) in [7, 11) is 0. The number of aromatic nitrogens is 3. The summed E-state index contributed by atoms with van der Waals surface area (Å²) in [5.41, 5.74) is 3.52. The number of aromatic amines is 1. The maximum absolute atomic E-state index is 9.66. The summed E-state index contributed by atoms with van der Waals surface area (Å²) in [5.74, 6) is 1.56. The molecule has 0 bridgehead atoms. The van der Waals surface area contributed by atoms with E-state index in [1.54, 1.807) is 18.2 Å². The quantitative estimate of drug-likeness (QED) is 0.524. The molecule has 0 atom stereocenters. The number of aryl methyl sites for hydroxylation is 1. The molecule has 0 aliphatic heterocycles. The zero-order valence-electron chi connectivity index (χ0n) is 13.1. The van der Waals surface area contributed by atoms with Crippen LogP contribution in [0.3, 0.4) is 0 Å². The Morgan fingerprint density at radius 1 is 0.958 bits per heavy atom. The molecule has 0 unspecified atom stereocenters. The van der Waals surface area contributed by atoms with Crippen molar-refractivity contribution in [3.8, 4) is 17.1 Å². The Labute approximate surface area is 139 Å². The normalized spacial score (nSPS) is 10.9. The molecule has 0 saturated carbocycles. The Morgan fingerprint density at radius 3 is 2.58 bits per heavy atom. The van der Waals surface area contributed by atoms with Gasteiger partial charge in [0.05, 0.1) is 5.39 Å². The predicted octanol–water partition coefficient (Wildman–Crippen LogP) is 4.38. The van der Waals surface area contributed by atoms with Gasteiger partial charge in [-0.25, -0.2) is 9.97 Å². The molecule has 4 aromatic rings. The number of rotatable bonds is 3. The highest BCUT2D eigenvalue weighted by Gasteiger charge is 2.12. The lowest BCUT2D eigenvalue weighted by Gasteiger charge is -2.09. The monoisotopic (exact) mass is 316 g/mol. The van der Waals surface area contributed by atoms with Crippen molar-refractivity contribution in [2.75, 3.05) is 5.32 Å². The van der Waals surface area contributed by atoms with Gasteiger partial charge in [-0.3, -0.25) is 0 Å². The summed E-state index contributed by atoms with van der Waals surface area (Å²) >= 11 is 0. The molecular weight excluding hydrogens is 300 g/mol. The number of hydrogen-bond acceptors (Lipinski definition) is 4. The molecule has 0 aliphatic carbocycles. The zero-order valence-corrected chi connectivity index (χ0v) is 13.1. The molecule has 0 saturated heterocycles. The van der Waals surface area contributed by atoms with Gasteiger partial charge in [0, 0.05) is 23.0 Å². The first kappa shape index (κ1) is 14.3. The third-order valence-corrected chi connectivity index (χ3v) is 3.76. The highest BCUT2D eigenvalue weighted by molar-refractivity contribution is 5.91. The molecule has 0 amide bonds. The molecule has 24 heavy (non-hydrogen) atoms. The molecule has 118 valence electrons. The Morgan fingerprint density at radius 2 is 1.79 bits per heavy atom. The SMILES string of the molecule is Cc1cc2c(Nc3cccc(O)c3)nc(-c3ccccc3)nc2[nH]1. The third-order valence-electron chi connectivity index (χ3n) is 3.76. The van der Waals surface area contributed by atoms with Gasteiger partial charge in [0.15, 0.2) is 5.82 Å². The lowest BCUT2D eigenvalue weighted by Crippen LogP contribution is -1.98. The minimum atomic E-state index is 0.207. The topological polar surface area (TPSA) is 73.8 Å². The molecule has 2 heterocycles. The van der Waals surface area contributed by atoms with E-state index in [0.29, 0.717) is 11.6 Å². The zero-order chi connectivity index (χ0) is 16.5. The summed E-state index contributed by atoms with van der Waals surface area (Å²) in [6.07, 6.45) is 0. The summed E-state index contributed by atoms with van der Waals surface area (Å²) in [6, 6.07) is 18.8. The molecular formula is C19H16N4O. The van der Waals surface area contributed by atoms with E-state index >= 15 is 0 Å². The molecule has 3 N–H and O–H groups in total. The van der Waals surface area contributed by atoms with E-state index in [0.717, 1.165) is 28.0 Å². The number of anilines is 2. The molecule has 0 fully saturated rings. The van der Waals surface area contributed by atoms with Crippen LogP contribution in [0.1, 0.15) is 5.69 Å². The summed E-state index contributed by atoms with van der Waals surface area (Å²) in [5, 5.41) is 13.9. The molecule has 0 radical (unpaired) electrons. The van der Waals surface area contributed by atoms with Crippen molar-refractivity contribution in [1.82, 2.24) is 15.0 Å². The first-order chi connectivity index (χ1) is 11.7. The van der Waals surface area contributed by atoms with Gasteiger partial charge in [0.2, 0.25) is 0 Å². The van der Waals surface area contributed by atoms with Gasteiger partial charge < -0.3 is 15.4 Å². The first-order valence-corrected chi connectivity index (χ1v) is 7.68. The smallest absolute Gasteiger partial charge is 0.163 e. The minimum absolute atomic E-state index is 0.207. The van der Waals surface area contributed by atoms with Gasteiger partial charge >= 0.3 is 0 Å². The predicted molar refractivity (Wildman–Crippen MR) is 95.5 cm³/mol. The first-order valence-electron chi connectivity index (χ1n) is 7.68. The Balaban J connectivity index is 1.86. The Kier molecular flexibility index (Phi) is 3.39. The van der Waals surface area contributed by atoms with E-state index in [1.807, 2.05) is 49.4 Å². The van der Waals surface area contributed by atoms with Crippen molar-refractivity contribution in [3.05, 3.63) is 66.4 Å². The second-order valence-electron chi connectivity index (χ2n) is 5.65. The van der Waals surface area contributed by atoms with Crippen LogP contribution in [-0.4, -0.2) is 20.1 Å². The largest absolute Gasteiger partial charge is 0.508 e. The fourth-order valence-electron chi connectivity index (χ4n) is 2.67. The maximum Gasteiger partial charge on any atom is 0.163 e. The van der Waals surface area contributed by atoms with Gasteiger partial charge in [0.25, 0.3) is 0 Å². The molecule has 0 aliphatic rings. The number of nitrogens with zero attached hydrogens (tertiary/aromatic N) is 2. The number of aromatic hydroxyl groups is 1. The lowest BCUT2D eigenvalue weighted by atomic mass is 10.2. The lowest BCUT2D eigenvalue weighted by molar-refractivity contribution is 0.475. The number of nitrogens with one attached hydrogen (secondary N) is 2. The summed E-state index contributed by atoms with van der Waals surface area (Å²) < 4.78 is 0. The van der Waals surface area contributed by atoms with Crippen molar-refractivity contribution in [2.24, 2.45) is 0 Å². The maximum atomic E-state index is 9.66. The highest BCUT2D eigenvalue weighted by atomic mass is 16.3. The van der Waals surface area contributed by atoms with Gasteiger partial charge in [-0.1, -0.05) is 36.4 Å². The minimum Gasteiger partial charge on any atom is -0.508 e. The van der Waals surface area contributed by atoms with E-state index in [2.05, 4.69) is 20.3 Å². The number of benzene rings is 2. The van der Waals surface area contributed by atoms with E-state index in [1.165, 1.54) is 0 Å². The van der Waals surface area contributed by atoms with Crippen molar-refractivity contribution in [2.45, 2.75) is 6.92 Å². The van der Waals surface area contributed by atoms with Crippen LogP contribution in [-0.2, 0) is 0 Å². The number of H-pyrrole nitrogens is 1. The van der Waals surface area contributed by atoms with Crippen LogP contribution in [0.25, 0.3) is 22.4 Å². The number of phenols is 1. The van der Waals surface area contributed by atoms with Gasteiger partial charge in [-0.2, -0.15) is 0 Å². The fraction of sp³-hybridized carbons (Fsp3) is 0.0526. The number of hydrogen-bond donors (Lipinski definition) is 3. The molecule has 2 aromatic carbocycles. The van der Waals surface area contributed by atoms with Crippen LogP contribution in [0.4, 0.5) is 11.5 Å². The van der Waals surface area contributed by atoms with Crippen LogP contribution in [0.15, 0.2) is 60.7 Å². The Bertz CT molecular complexity index is 1010. The molecule has 2 aromatic heterocycles. The summed E-state index contributed by atoms with van der Waals surface area (Å²) in [6.45, 7) is 1.99. The molecule has 5 heteroatoms. The van der Waals surface area contributed by atoms with Gasteiger partial charge in [0.1, 0.15) is 17.2 Å². The van der Waals surface area contributed by atoms with Crippen molar-refractivity contribution in [3.63, 3.8) is 0 Å². The van der Waals surface area contributed by atoms with Crippen LogP contribution in [0, 0.1) is 6.92 Å². The summed E-state index contributed by atoms with van der Waals surface area (Å²) in [4.78, 5) is 12.6. The number of phenolic OH excluding ortho intramolecular Hbond substituents is 1. The van der Waals surface area contributed by atoms with Crippen LogP contribution in [0.5, 0.6) is 5.75 Å². The molecule has 5 nitrogen and oxygen atoms in total. The van der Waals surface area contributed by atoms with E-state index < -0.39 is 0 Å². The van der Waals surface area contributed by atoms with E-state index in [-0.39, 0.29) is 5.75 Å². The standard InChI is InChI=1S/C19H16N4O/c1-12-10-16-18(20-12)22-17(13-6-3-2-4-7-13)23-19(16)21-14-8-5-9-15(24)11-14/h2-11,24H,1H3,(H2,20,21,22,23). The van der Waals surface area contributed by atoms with Crippen molar-refractivity contribution >= 4 is 22.5 Å². The number of fused-ring (bicyclic) bond motifs is 1. The average molecular weight is 316 g/mol. The fourth-order valence-corrected chi connectivity index (χ4v) is 2.67.